The third kappa shape index (κ3) is 4.93. The van der Waals surface area contributed by atoms with Gasteiger partial charge in [0.2, 0.25) is 5.91 Å². The summed E-state index contributed by atoms with van der Waals surface area (Å²) in [4.78, 5) is 17.2. The van der Waals surface area contributed by atoms with Crippen LogP contribution in [0.4, 0.5) is 0 Å². The Morgan fingerprint density at radius 2 is 2.11 bits per heavy atom. The Hall–Kier alpha value is -2.25. The summed E-state index contributed by atoms with van der Waals surface area (Å²) >= 11 is 0. The first-order valence-corrected chi connectivity index (χ1v) is 9.90. The molecule has 2 aliphatic rings. The average molecular weight is 368 g/mol. The minimum Gasteiger partial charge on any atom is -0.350 e. The number of benzene rings is 1. The van der Waals surface area contributed by atoms with Crippen LogP contribution in [0, 0.1) is 5.92 Å². The van der Waals surface area contributed by atoms with E-state index in [-0.39, 0.29) is 24.5 Å². The quantitative estimate of drug-likeness (QED) is 0.644. The van der Waals surface area contributed by atoms with Gasteiger partial charge in [0.05, 0.1) is 6.04 Å². The Morgan fingerprint density at radius 3 is 2.81 bits per heavy atom. The molecule has 2 aromatic rings. The van der Waals surface area contributed by atoms with E-state index in [1.165, 1.54) is 12.8 Å². The van der Waals surface area contributed by atoms with E-state index >= 15 is 0 Å². The van der Waals surface area contributed by atoms with Gasteiger partial charge in [-0.15, -0.1) is 0 Å². The molecule has 1 aromatic heterocycles. The van der Waals surface area contributed by atoms with E-state index < -0.39 is 0 Å². The third-order valence-electron chi connectivity index (χ3n) is 5.26. The average Bonchev–Trinajstić information content (AvgIpc) is 3.14. The molecule has 0 radical (unpaired) electrons. The Labute approximate surface area is 159 Å². The largest absolute Gasteiger partial charge is 0.350 e. The maximum Gasteiger partial charge on any atom is 0.242 e. The maximum atomic E-state index is 12.5. The molecule has 1 saturated carbocycles. The maximum absolute atomic E-state index is 12.5. The highest BCUT2D eigenvalue weighted by atomic mass is 16.2. The highest BCUT2D eigenvalue weighted by molar-refractivity contribution is 5.76. The fraction of sp³-hybridized carbons (Fsp3) is 0.550. The van der Waals surface area contributed by atoms with Crippen LogP contribution in [0.3, 0.4) is 0 Å². The molecular weight excluding hydrogens is 340 g/mol. The van der Waals surface area contributed by atoms with E-state index in [4.69, 9.17) is 10.7 Å². The molecule has 7 nitrogen and oxygen atoms in total. The van der Waals surface area contributed by atoms with Crippen molar-refractivity contribution in [3.05, 3.63) is 47.5 Å². The van der Waals surface area contributed by atoms with Crippen LogP contribution in [0.15, 0.2) is 30.3 Å². The number of aromatic nitrogens is 3. The molecule has 4 rings (SSSR count). The predicted octanol–water partition coefficient (Wildman–Crippen LogP) is 0.951. The summed E-state index contributed by atoms with van der Waals surface area (Å²) in [7, 11) is 0. The van der Waals surface area contributed by atoms with Gasteiger partial charge in [0, 0.05) is 19.0 Å². The van der Waals surface area contributed by atoms with Crippen LogP contribution < -0.4 is 16.4 Å². The Bertz CT molecular complexity index is 764. The van der Waals surface area contributed by atoms with Gasteiger partial charge < -0.3 is 16.4 Å². The molecule has 0 spiro atoms. The first kappa shape index (κ1) is 18.1. The van der Waals surface area contributed by atoms with Gasteiger partial charge in [0.25, 0.3) is 0 Å². The number of hydrogen-bond donors (Lipinski definition) is 3. The van der Waals surface area contributed by atoms with Gasteiger partial charge >= 0.3 is 0 Å². The summed E-state index contributed by atoms with van der Waals surface area (Å²) in [6.07, 6.45) is 5.02. The zero-order valence-electron chi connectivity index (χ0n) is 15.6. The van der Waals surface area contributed by atoms with Crippen molar-refractivity contribution in [2.24, 2.45) is 11.7 Å². The zero-order chi connectivity index (χ0) is 18.6. The molecule has 1 saturated heterocycles. The highest BCUT2D eigenvalue weighted by Gasteiger charge is 2.26. The molecule has 2 heterocycles. The van der Waals surface area contributed by atoms with Crippen LogP contribution in [-0.2, 0) is 24.2 Å². The Balaban J connectivity index is 1.47. The van der Waals surface area contributed by atoms with E-state index in [1.807, 2.05) is 18.2 Å². The summed E-state index contributed by atoms with van der Waals surface area (Å²) in [5.74, 6) is 2.18. The van der Waals surface area contributed by atoms with Gasteiger partial charge in [0.1, 0.15) is 12.4 Å². The van der Waals surface area contributed by atoms with E-state index in [0.717, 1.165) is 37.3 Å². The minimum atomic E-state index is -0.284. The molecule has 2 fully saturated rings. The van der Waals surface area contributed by atoms with E-state index in [9.17, 15) is 4.79 Å². The fourth-order valence-electron chi connectivity index (χ4n) is 3.61. The number of nitrogens with zero attached hydrogens (tertiary/aromatic N) is 3. The SMILES string of the molecule is N[C@H](Cc1ccccc1)c1nc(CC2CC2)nn1CC(=O)N[C@H]1CCNC1. The Morgan fingerprint density at radius 1 is 1.30 bits per heavy atom. The third-order valence-corrected chi connectivity index (χ3v) is 5.26. The van der Waals surface area contributed by atoms with E-state index in [0.29, 0.717) is 18.2 Å². The highest BCUT2D eigenvalue weighted by Crippen LogP contribution is 2.32. The van der Waals surface area contributed by atoms with Crippen molar-refractivity contribution >= 4 is 5.91 Å². The molecule has 2 atom stereocenters. The van der Waals surface area contributed by atoms with Gasteiger partial charge in [-0.3, -0.25) is 4.79 Å². The second kappa shape index (κ2) is 8.19. The topological polar surface area (TPSA) is 97.9 Å². The lowest BCUT2D eigenvalue weighted by Gasteiger charge is -2.14. The fourth-order valence-corrected chi connectivity index (χ4v) is 3.61. The molecule has 7 heteroatoms. The number of nitrogens with two attached hydrogens (primary N) is 1. The lowest BCUT2D eigenvalue weighted by atomic mass is 10.1. The van der Waals surface area contributed by atoms with Crippen LogP contribution in [0.2, 0.25) is 0 Å². The number of amides is 1. The summed E-state index contributed by atoms with van der Waals surface area (Å²) in [6.45, 7) is 1.95. The molecule has 0 bridgehead atoms. The van der Waals surface area contributed by atoms with Crippen molar-refractivity contribution in [1.29, 1.82) is 0 Å². The standard InChI is InChI=1S/C20H28N6O/c21-17(10-14-4-2-1-3-5-14)20-24-18(11-15-6-7-15)25-26(20)13-19(27)23-16-8-9-22-12-16/h1-5,15-17,22H,6-13,21H2,(H,23,27)/t16-,17+/m0/s1. The first-order valence-electron chi connectivity index (χ1n) is 9.90. The Kier molecular flexibility index (Phi) is 5.50. The van der Waals surface area contributed by atoms with Crippen LogP contribution in [-0.4, -0.2) is 39.8 Å². The molecule has 1 aliphatic carbocycles. The van der Waals surface area contributed by atoms with Gasteiger partial charge in [-0.05, 0) is 43.7 Å². The second-order valence-electron chi connectivity index (χ2n) is 7.74. The van der Waals surface area contributed by atoms with Crippen LogP contribution in [0.25, 0.3) is 0 Å². The monoisotopic (exact) mass is 368 g/mol. The first-order chi connectivity index (χ1) is 13.2. The molecule has 0 unspecified atom stereocenters. The number of carbonyl (C=O) groups is 1. The second-order valence-corrected chi connectivity index (χ2v) is 7.74. The predicted molar refractivity (Wildman–Crippen MR) is 103 cm³/mol. The molecule has 144 valence electrons. The summed E-state index contributed by atoms with van der Waals surface area (Å²) < 4.78 is 1.71. The zero-order valence-corrected chi connectivity index (χ0v) is 15.6. The van der Waals surface area contributed by atoms with Gasteiger partial charge in [-0.2, -0.15) is 5.10 Å². The smallest absolute Gasteiger partial charge is 0.242 e. The lowest BCUT2D eigenvalue weighted by molar-refractivity contribution is -0.122. The van der Waals surface area contributed by atoms with E-state index in [2.05, 4.69) is 27.9 Å². The molecular formula is C20H28N6O. The van der Waals surface area contributed by atoms with Crippen molar-refractivity contribution < 1.29 is 4.79 Å². The molecule has 1 amide bonds. The van der Waals surface area contributed by atoms with Crippen molar-refractivity contribution in [1.82, 2.24) is 25.4 Å². The van der Waals surface area contributed by atoms with Gasteiger partial charge in [0.15, 0.2) is 5.82 Å². The van der Waals surface area contributed by atoms with Crippen molar-refractivity contribution in [3.63, 3.8) is 0 Å². The van der Waals surface area contributed by atoms with Crippen LogP contribution >= 0.6 is 0 Å². The molecule has 27 heavy (non-hydrogen) atoms. The van der Waals surface area contributed by atoms with Crippen molar-refractivity contribution in [2.75, 3.05) is 13.1 Å². The van der Waals surface area contributed by atoms with Crippen molar-refractivity contribution in [3.8, 4) is 0 Å². The summed E-state index contributed by atoms with van der Waals surface area (Å²) in [6, 6.07) is 10.1. The van der Waals surface area contributed by atoms with E-state index in [1.54, 1.807) is 4.68 Å². The number of hydrogen-bond acceptors (Lipinski definition) is 5. The van der Waals surface area contributed by atoms with Gasteiger partial charge in [-0.1, -0.05) is 30.3 Å². The van der Waals surface area contributed by atoms with Crippen molar-refractivity contribution in [2.45, 2.75) is 50.7 Å². The molecule has 1 aromatic carbocycles. The summed E-state index contributed by atoms with van der Waals surface area (Å²) in [5, 5.41) is 11.0. The summed E-state index contributed by atoms with van der Waals surface area (Å²) in [5.41, 5.74) is 7.62. The lowest BCUT2D eigenvalue weighted by Crippen LogP contribution is -2.39. The minimum absolute atomic E-state index is 0.0280. The normalized spacial score (nSPS) is 20.6. The molecule has 4 N–H and O–H groups in total. The van der Waals surface area contributed by atoms with Crippen LogP contribution in [0.5, 0.6) is 0 Å². The molecule has 1 aliphatic heterocycles. The number of nitrogens with one attached hydrogen (secondary N) is 2. The van der Waals surface area contributed by atoms with Gasteiger partial charge in [-0.25, -0.2) is 9.67 Å². The van der Waals surface area contributed by atoms with Crippen LogP contribution in [0.1, 0.15) is 42.5 Å². The number of carbonyl (C=O) groups excluding carboxylic acids is 1. The number of rotatable bonds is 8.